The quantitative estimate of drug-likeness (QED) is 0.884. The molecule has 0 radical (unpaired) electrons. The fraction of sp³-hybridized carbons (Fsp3) is 0.0833. The smallest absolute Gasteiger partial charge is 0.202 e. The van der Waals surface area contributed by atoms with E-state index in [1.54, 1.807) is 0 Å². The highest BCUT2D eigenvalue weighted by Crippen LogP contribution is 2.22. The van der Waals surface area contributed by atoms with E-state index in [-0.39, 0.29) is 5.78 Å². The Morgan fingerprint density at radius 3 is 2.81 bits per heavy atom. The van der Waals surface area contributed by atoms with Crippen LogP contribution in [0.4, 0.5) is 0 Å². The maximum atomic E-state index is 12.1. The van der Waals surface area contributed by atoms with Gasteiger partial charge in [-0.1, -0.05) is 18.2 Å². The van der Waals surface area contributed by atoms with Gasteiger partial charge < -0.3 is 5.73 Å². The molecule has 2 N–H and O–H groups in total. The Kier molecular flexibility index (Phi) is 3.53. The van der Waals surface area contributed by atoms with E-state index >= 15 is 0 Å². The minimum Gasteiger partial charge on any atom is -0.326 e. The van der Waals surface area contributed by atoms with Gasteiger partial charge in [0.05, 0.1) is 4.88 Å². The average molecular weight is 296 g/mol. The second-order valence-corrected chi connectivity index (χ2v) is 5.19. The van der Waals surface area contributed by atoms with Gasteiger partial charge in [-0.25, -0.2) is 0 Å². The Balaban J connectivity index is 2.33. The lowest BCUT2D eigenvalue weighted by Gasteiger charge is -2.00. The van der Waals surface area contributed by atoms with Gasteiger partial charge in [-0.15, -0.1) is 11.3 Å². The zero-order valence-corrected chi connectivity index (χ0v) is 10.8. The maximum Gasteiger partial charge on any atom is 0.202 e. The third kappa shape index (κ3) is 2.40. The molecule has 0 atom stereocenters. The monoisotopic (exact) mass is 295 g/mol. The first-order valence-electron chi connectivity index (χ1n) is 4.78. The molecule has 0 bridgehead atoms. The van der Waals surface area contributed by atoms with Crippen LogP contribution < -0.4 is 5.73 Å². The van der Waals surface area contributed by atoms with Crippen molar-refractivity contribution in [3.05, 3.63) is 56.2 Å². The zero-order valence-electron chi connectivity index (χ0n) is 8.44. The lowest BCUT2D eigenvalue weighted by atomic mass is 10.1. The van der Waals surface area contributed by atoms with E-state index in [1.165, 1.54) is 11.3 Å². The third-order valence-electron chi connectivity index (χ3n) is 2.22. The molecule has 16 heavy (non-hydrogen) atoms. The summed E-state index contributed by atoms with van der Waals surface area (Å²) in [6.07, 6.45) is 0. The minimum atomic E-state index is 0.0472. The van der Waals surface area contributed by atoms with Gasteiger partial charge >= 0.3 is 0 Å². The molecule has 4 heteroatoms. The van der Waals surface area contributed by atoms with Crippen LogP contribution in [0.3, 0.4) is 0 Å². The summed E-state index contributed by atoms with van der Waals surface area (Å²) in [6.45, 7) is 0.454. The van der Waals surface area contributed by atoms with Gasteiger partial charge in [-0.3, -0.25) is 4.79 Å². The van der Waals surface area contributed by atoms with Gasteiger partial charge in [0.2, 0.25) is 5.78 Å². The number of ketones is 1. The average Bonchev–Trinajstić information content (AvgIpc) is 2.75. The van der Waals surface area contributed by atoms with E-state index in [4.69, 9.17) is 5.73 Å². The van der Waals surface area contributed by atoms with Crippen LogP contribution in [0.2, 0.25) is 0 Å². The predicted octanol–water partition coefficient (Wildman–Crippen LogP) is 3.20. The summed E-state index contributed by atoms with van der Waals surface area (Å²) in [6, 6.07) is 9.27. The maximum absolute atomic E-state index is 12.1. The molecule has 0 aliphatic rings. The molecule has 82 valence electrons. The third-order valence-corrected chi connectivity index (χ3v) is 3.91. The number of carbonyl (C=O) groups excluding carboxylic acids is 1. The Bertz CT molecular complexity index is 521. The van der Waals surface area contributed by atoms with Gasteiger partial charge in [0, 0.05) is 22.0 Å². The van der Waals surface area contributed by atoms with Crippen molar-refractivity contribution in [2.75, 3.05) is 0 Å². The van der Waals surface area contributed by atoms with Crippen molar-refractivity contribution in [3.63, 3.8) is 0 Å². The van der Waals surface area contributed by atoms with E-state index < -0.39 is 0 Å². The summed E-state index contributed by atoms with van der Waals surface area (Å²) < 4.78 is 0.941. The second-order valence-electron chi connectivity index (χ2n) is 3.36. The molecule has 0 saturated carbocycles. The molecule has 0 aliphatic heterocycles. The number of hydrogen-bond donors (Lipinski definition) is 1. The van der Waals surface area contributed by atoms with Crippen LogP contribution in [0.25, 0.3) is 0 Å². The first-order chi connectivity index (χ1) is 7.70. The Morgan fingerprint density at radius 1 is 1.38 bits per heavy atom. The highest BCUT2D eigenvalue weighted by atomic mass is 79.9. The summed E-state index contributed by atoms with van der Waals surface area (Å²) in [7, 11) is 0. The van der Waals surface area contributed by atoms with Crippen LogP contribution in [0.5, 0.6) is 0 Å². The van der Waals surface area contributed by atoms with Crippen LogP contribution in [-0.2, 0) is 6.54 Å². The van der Waals surface area contributed by atoms with E-state index in [9.17, 15) is 4.79 Å². The van der Waals surface area contributed by atoms with Crippen LogP contribution in [0.15, 0.2) is 40.2 Å². The summed E-state index contributed by atoms with van der Waals surface area (Å²) in [5.74, 6) is 0.0472. The van der Waals surface area contributed by atoms with Gasteiger partial charge in [0.15, 0.2) is 0 Å². The van der Waals surface area contributed by atoms with Crippen molar-refractivity contribution in [2.24, 2.45) is 5.73 Å². The van der Waals surface area contributed by atoms with Gasteiger partial charge in [0.1, 0.15) is 0 Å². The van der Waals surface area contributed by atoms with Crippen molar-refractivity contribution in [1.82, 2.24) is 0 Å². The summed E-state index contributed by atoms with van der Waals surface area (Å²) >= 11 is 4.78. The largest absolute Gasteiger partial charge is 0.326 e. The van der Waals surface area contributed by atoms with Crippen molar-refractivity contribution >= 4 is 33.0 Å². The molecule has 1 heterocycles. The lowest BCUT2D eigenvalue weighted by molar-refractivity contribution is 0.104. The fourth-order valence-electron chi connectivity index (χ4n) is 1.41. The molecule has 0 amide bonds. The van der Waals surface area contributed by atoms with Crippen LogP contribution in [0, 0.1) is 0 Å². The fourth-order valence-corrected chi connectivity index (χ4v) is 2.80. The van der Waals surface area contributed by atoms with Crippen molar-refractivity contribution in [1.29, 1.82) is 0 Å². The standard InChI is InChI=1S/C12H10BrNOS/c13-10-5-11(16-7-10)12(15)9-3-1-2-8(4-9)6-14/h1-5,7H,6,14H2. The molecule has 0 unspecified atom stereocenters. The first-order valence-corrected chi connectivity index (χ1v) is 6.45. The van der Waals surface area contributed by atoms with Gasteiger partial charge in [0.25, 0.3) is 0 Å². The Labute approximate surface area is 106 Å². The molecular weight excluding hydrogens is 286 g/mol. The van der Waals surface area contributed by atoms with Crippen LogP contribution in [0.1, 0.15) is 20.8 Å². The Morgan fingerprint density at radius 2 is 2.19 bits per heavy atom. The summed E-state index contributed by atoms with van der Waals surface area (Å²) in [5.41, 5.74) is 7.21. The van der Waals surface area contributed by atoms with E-state index in [2.05, 4.69) is 15.9 Å². The highest BCUT2D eigenvalue weighted by Gasteiger charge is 2.11. The molecule has 0 spiro atoms. The normalized spacial score (nSPS) is 10.4. The van der Waals surface area contributed by atoms with Crippen LogP contribution in [-0.4, -0.2) is 5.78 Å². The molecule has 1 aromatic carbocycles. The van der Waals surface area contributed by atoms with Gasteiger partial charge in [-0.05, 0) is 33.6 Å². The molecule has 2 rings (SSSR count). The highest BCUT2D eigenvalue weighted by molar-refractivity contribution is 9.10. The summed E-state index contributed by atoms with van der Waals surface area (Å²) in [5, 5.41) is 1.90. The molecular formula is C12H10BrNOS. The number of carbonyl (C=O) groups is 1. The molecule has 0 aliphatic carbocycles. The Hall–Kier alpha value is -0.970. The molecule has 0 saturated heterocycles. The van der Waals surface area contributed by atoms with Crippen molar-refractivity contribution in [2.45, 2.75) is 6.54 Å². The number of hydrogen-bond acceptors (Lipinski definition) is 3. The first kappa shape index (κ1) is 11.5. The number of benzene rings is 1. The lowest BCUT2D eigenvalue weighted by Crippen LogP contribution is -2.02. The number of rotatable bonds is 3. The molecule has 1 aromatic heterocycles. The van der Waals surface area contributed by atoms with Crippen LogP contribution >= 0.6 is 27.3 Å². The number of nitrogens with two attached hydrogens (primary N) is 1. The number of halogens is 1. The molecule has 2 nitrogen and oxygen atoms in total. The van der Waals surface area contributed by atoms with Gasteiger partial charge in [-0.2, -0.15) is 0 Å². The predicted molar refractivity (Wildman–Crippen MR) is 69.8 cm³/mol. The second kappa shape index (κ2) is 4.91. The van der Waals surface area contributed by atoms with E-state index in [0.717, 1.165) is 14.9 Å². The molecule has 2 aromatic rings. The number of thiophene rings is 1. The van der Waals surface area contributed by atoms with E-state index in [0.29, 0.717) is 12.1 Å². The minimum absolute atomic E-state index is 0.0472. The zero-order chi connectivity index (χ0) is 11.5. The summed E-state index contributed by atoms with van der Waals surface area (Å²) in [4.78, 5) is 12.8. The SMILES string of the molecule is NCc1cccc(C(=O)c2cc(Br)cs2)c1. The van der Waals surface area contributed by atoms with Crippen molar-refractivity contribution in [3.8, 4) is 0 Å². The van der Waals surface area contributed by atoms with E-state index in [1.807, 2.05) is 35.7 Å². The topological polar surface area (TPSA) is 43.1 Å². The molecule has 0 fully saturated rings. The van der Waals surface area contributed by atoms with Crippen molar-refractivity contribution < 1.29 is 4.79 Å².